The largest absolute Gasteiger partial charge is 0.332 e. The summed E-state index contributed by atoms with van der Waals surface area (Å²) < 4.78 is 2.50. The van der Waals surface area contributed by atoms with Crippen LogP contribution in [0.25, 0.3) is 0 Å². The second-order valence-corrected chi connectivity index (χ2v) is 6.05. The molecule has 18 heavy (non-hydrogen) atoms. The third-order valence-electron chi connectivity index (χ3n) is 4.73. The zero-order chi connectivity index (χ0) is 12.5. The molecule has 2 aliphatic heterocycles. The Morgan fingerprint density at radius 2 is 2.28 bits per heavy atom. The molecule has 2 unspecified atom stereocenters. The highest BCUT2D eigenvalue weighted by Gasteiger charge is 2.26. The maximum atomic E-state index is 4.70. The lowest BCUT2D eigenvalue weighted by Crippen LogP contribution is -2.32. The highest BCUT2D eigenvalue weighted by atomic mass is 15.2. The van der Waals surface area contributed by atoms with E-state index in [9.17, 15) is 0 Å². The molecule has 3 heterocycles. The Labute approximate surface area is 110 Å². The van der Waals surface area contributed by atoms with Crippen molar-refractivity contribution in [2.24, 2.45) is 5.92 Å². The van der Waals surface area contributed by atoms with Gasteiger partial charge in [-0.05, 0) is 44.7 Å². The summed E-state index contributed by atoms with van der Waals surface area (Å²) in [5.41, 5.74) is 1.46. The van der Waals surface area contributed by atoms with Crippen molar-refractivity contribution < 1.29 is 0 Å². The Hall–Kier alpha value is -0.830. The summed E-state index contributed by atoms with van der Waals surface area (Å²) in [6.45, 7) is 8.30. The van der Waals surface area contributed by atoms with Crippen molar-refractivity contribution in [3.63, 3.8) is 0 Å². The third kappa shape index (κ3) is 2.20. The second kappa shape index (κ2) is 5.04. The minimum Gasteiger partial charge on any atom is -0.332 e. The molecule has 0 aromatic carbocycles. The van der Waals surface area contributed by atoms with E-state index in [4.69, 9.17) is 4.98 Å². The average molecular weight is 247 g/mol. The Bertz CT molecular complexity index is 410. The molecule has 3 rings (SSSR count). The summed E-state index contributed by atoms with van der Waals surface area (Å²) in [6, 6.07) is 0.735. The predicted octanol–water partition coefficient (Wildman–Crippen LogP) is 2.49. The van der Waals surface area contributed by atoms with Gasteiger partial charge in [0.25, 0.3) is 0 Å². The van der Waals surface area contributed by atoms with E-state index in [1.54, 1.807) is 0 Å². The molecule has 0 spiro atoms. The molecule has 1 aromatic heterocycles. The van der Waals surface area contributed by atoms with Gasteiger partial charge in [-0.15, -0.1) is 0 Å². The van der Waals surface area contributed by atoms with Gasteiger partial charge >= 0.3 is 0 Å². The molecule has 100 valence electrons. The van der Waals surface area contributed by atoms with Crippen LogP contribution in [0.1, 0.15) is 44.6 Å². The zero-order valence-electron chi connectivity index (χ0n) is 11.7. The molecular weight excluding hydrogens is 222 g/mol. The number of hydrogen-bond donors (Lipinski definition) is 0. The molecule has 0 amide bonds. The Kier molecular flexibility index (Phi) is 3.42. The first-order valence-corrected chi connectivity index (χ1v) is 7.55. The van der Waals surface area contributed by atoms with Crippen LogP contribution >= 0.6 is 0 Å². The van der Waals surface area contributed by atoms with E-state index in [2.05, 4.69) is 29.5 Å². The molecule has 0 saturated carbocycles. The smallest absolute Gasteiger partial charge is 0.110 e. The summed E-state index contributed by atoms with van der Waals surface area (Å²) in [6.07, 6.45) is 8.53. The van der Waals surface area contributed by atoms with Gasteiger partial charge in [0.05, 0.1) is 0 Å². The maximum absolute atomic E-state index is 4.70. The minimum atomic E-state index is 0.735. The third-order valence-corrected chi connectivity index (χ3v) is 4.73. The molecule has 3 nitrogen and oxygen atoms in total. The lowest BCUT2D eigenvalue weighted by molar-refractivity contribution is 0.259. The van der Waals surface area contributed by atoms with Crippen LogP contribution in [0.5, 0.6) is 0 Å². The summed E-state index contributed by atoms with van der Waals surface area (Å²) in [5, 5.41) is 0. The van der Waals surface area contributed by atoms with Gasteiger partial charge in [-0.25, -0.2) is 4.98 Å². The Morgan fingerprint density at radius 3 is 3.11 bits per heavy atom. The van der Waals surface area contributed by atoms with E-state index in [0.717, 1.165) is 18.4 Å². The van der Waals surface area contributed by atoms with Crippen molar-refractivity contribution in [3.05, 3.63) is 17.7 Å². The van der Waals surface area contributed by atoms with Crippen LogP contribution in [-0.4, -0.2) is 33.6 Å². The molecule has 1 saturated heterocycles. The normalized spacial score (nSPS) is 28.6. The van der Waals surface area contributed by atoms with Gasteiger partial charge in [-0.1, -0.05) is 13.8 Å². The van der Waals surface area contributed by atoms with E-state index >= 15 is 0 Å². The first-order chi connectivity index (χ1) is 8.78. The molecular formula is C15H25N3. The van der Waals surface area contributed by atoms with Crippen LogP contribution in [0.15, 0.2) is 6.20 Å². The SMILES string of the molecule is CCN1CCCC1Cc1ncc2n1CC(C)CC2. The maximum Gasteiger partial charge on any atom is 0.110 e. The molecule has 2 aliphatic rings. The van der Waals surface area contributed by atoms with E-state index in [-0.39, 0.29) is 0 Å². The Morgan fingerprint density at radius 1 is 1.39 bits per heavy atom. The highest BCUT2D eigenvalue weighted by molar-refractivity contribution is 5.10. The number of likely N-dealkylation sites (N-methyl/N-ethyl adjacent to an activating group) is 1. The van der Waals surface area contributed by atoms with Crippen molar-refractivity contribution in [1.82, 2.24) is 14.5 Å². The van der Waals surface area contributed by atoms with Gasteiger partial charge in [0.15, 0.2) is 0 Å². The van der Waals surface area contributed by atoms with E-state index in [0.29, 0.717) is 0 Å². The van der Waals surface area contributed by atoms with Gasteiger partial charge in [0.2, 0.25) is 0 Å². The lowest BCUT2D eigenvalue weighted by Gasteiger charge is -2.25. The first kappa shape index (κ1) is 12.2. The quantitative estimate of drug-likeness (QED) is 0.818. The van der Waals surface area contributed by atoms with Gasteiger partial charge in [0.1, 0.15) is 5.82 Å². The van der Waals surface area contributed by atoms with Crippen LogP contribution < -0.4 is 0 Å². The van der Waals surface area contributed by atoms with Crippen molar-refractivity contribution in [2.45, 2.75) is 58.5 Å². The molecule has 3 heteroatoms. The fourth-order valence-electron chi connectivity index (χ4n) is 3.59. The van der Waals surface area contributed by atoms with Crippen molar-refractivity contribution >= 4 is 0 Å². The van der Waals surface area contributed by atoms with Crippen LogP contribution in [0.4, 0.5) is 0 Å². The molecule has 0 N–H and O–H groups in total. The number of aryl methyl sites for hydroxylation is 1. The fourth-order valence-corrected chi connectivity index (χ4v) is 3.59. The molecule has 2 atom stereocenters. The number of imidazole rings is 1. The van der Waals surface area contributed by atoms with Crippen LogP contribution in [0.2, 0.25) is 0 Å². The molecule has 0 aliphatic carbocycles. The average Bonchev–Trinajstić information content (AvgIpc) is 2.97. The van der Waals surface area contributed by atoms with Crippen LogP contribution in [0.3, 0.4) is 0 Å². The number of fused-ring (bicyclic) bond motifs is 1. The zero-order valence-corrected chi connectivity index (χ0v) is 11.7. The van der Waals surface area contributed by atoms with Gasteiger partial charge in [0, 0.05) is 30.9 Å². The van der Waals surface area contributed by atoms with Gasteiger partial charge < -0.3 is 9.47 Å². The molecule has 0 bridgehead atoms. The Balaban J connectivity index is 1.75. The second-order valence-electron chi connectivity index (χ2n) is 6.05. The summed E-state index contributed by atoms with van der Waals surface area (Å²) in [5.74, 6) is 2.15. The monoisotopic (exact) mass is 247 g/mol. The van der Waals surface area contributed by atoms with Gasteiger partial charge in [-0.2, -0.15) is 0 Å². The van der Waals surface area contributed by atoms with Crippen LogP contribution in [0, 0.1) is 5.92 Å². The minimum absolute atomic E-state index is 0.735. The lowest BCUT2D eigenvalue weighted by atomic mass is 10.00. The fraction of sp³-hybridized carbons (Fsp3) is 0.800. The van der Waals surface area contributed by atoms with E-state index < -0.39 is 0 Å². The number of likely N-dealkylation sites (tertiary alicyclic amines) is 1. The van der Waals surface area contributed by atoms with Crippen LogP contribution in [-0.2, 0) is 19.4 Å². The van der Waals surface area contributed by atoms with E-state index in [1.165, 1.54) is 56.8 Å². The van der Waals surface area contributed by atoms with Crippen molar-refractivity contribution in [2.75, 3.05) is 13.1 Å². The van der Waals surface area contributed by atoms with Gasteiger partial charge in [-0.3, -0.25) is 0 Å². The molecule has 1 aromatic rings. The predicted molar refractivity (Wildman–Crippen MR) is 73.7 cm³/mol. The number of hydrogen-bond acceptors (Lipinski definition) is 2. The number of nitrogens with zero attached hydrogens (tertiary/aromatic N) is 3. The van der Waals surface area contributed by atoms with Crippen molar-refractivity contribution in [3.8, 4) is 0 Å². The van der Waals surface area contributed by atoms with E-state index in [1.807, 2.05) is 0 Å². The standard InChI is InChI=1S/C15H25N3/c1-3-17-8-4-5-13(17)9-15-16-10-14-7-6-12(2)11-18(14)15/h10,12-13H,3-9,11H2,1-2H3. The summed E-state index contributed by atoms with van der Waals surface area (Å²) in [4.78, 5) is 7.32. The highest BCUT2D eigenvalue weighted by Crippen LogP contribution is 2.25. The van der Waals surface area contributed by atoms with Crippen molar-refractivity contribution in [1.29, 1.82) is 0 Å². The molecule has 1 fully saturated rings. The summed E-state index contributed by atoms with van der Waals surface area (Å²) >= 11 is 0. The topological polar surface area (TPSA) is 21.1 Å². The summed E-state index contributed by atoms with van der Waals surface area (Å²) in [7, 11) is 0. The first-order valence-electron chi connectivity index (χ1n) is 7.55. The number of rotatable bonds is 3. The number of aromatic nitrogens is 2. The molecule has 0 radical (unpaired) electrons.